The molecule has 0 bridgehead atoms. The minimum atomic E-state index is -3.80. The van der Waals surface area contributed by atoms with Gasteiger partial charge in [-0.25, -0.2) is 13.1 Å². The Morgan fingerprint density at radius 1 is 1.38 bits per heavy atom. The molecule has 0 radical (unpaired) electrons. The summed E-state index contributed by atoms with van der Waals surface area (Å²) in [5.41, 5.74) is -0.416. The van der Waals surface area contributed by atoms with Crippen LogP contribution in [0.25, 0.3) is 0 Å². The molecule has 0 unspecified atom stereocenters. The maximum Gasteiger partial charge on any atom is 0.307 e. The van der Waals surface area contributed by atoms with Crippen LogP contribution in [0.15, 0.2) is 23.1 Å². The topological polar surface area (TPSA) is 92.7 Å². The van der Waals surface area contributed by atoms with Gasteiger partial charge in [0.2, 0.25) is 10.0 Å². The second-order valence-corrected chi connectivity index (χ2v) is 7.04. The van der Waals surface area contributed by atoms with Gasteiger partial charge in [-0.2, -0.15) is 0 Å². The number of nitrogens with one attached hydrogen (secondary N) is 1. The summed E-state index contributed by atoms with van der Waals surface area (Å²) in [7, 11) is -2.36. The first-order valence-electron chi connectivity index (χ1n) is 6.54. The highest BCUT2D eigenvalue weighted by atomic mass is 32.2. The minimum Gasteiger partial charge on any atom is -0.497 e. The van der Waals surface area contributed by atoms with Gasteiger partial charge in [-0.15, -0.1) is 0 Å². The van der Waals surface area contributed by atoms with E-state index in [-0.39, 0.29) is 16.9 Å². The number of methoxy groups -OCH3 is 1. The summed E-state index contributed by atoms with van der Waals surface area (Å²) in [6.07, 6.45) is 0.219. The fourth-order valence-corrected chi connectivity index (χ4v) is 3.44. The van der Waals surface area contributed by atoms with E-state index in [4.69, 9.17) is 9.84 Å². The van der Waals surface area contributed by atoms with E-state index in [1.165, 1.54) is 25.3 Å². The maximum absolute atomic E-state index is 12.5. The largest absolute Gasteiger partial charge is 0.497 e. The first kappa shape index (κ1) is 17.5. The Hall–Kier alpha value is -1.60. The summed E-state index contributed by atoms with van der Waals surface area (Å²) < 4.78 is 32.5. The number of hydrogen-bond acceptors (Lipinski definition) is 4. The first-order valence-corrected chi connectivity index (χ1v) is 8.02. The molecule has 0 spiro atoms. The zero-order chi connectivity index (χ0) is 16.3. The van der Waals surface area contributed by atoms with Gasteiger partial charge in [-0.3, -0.25) is 4.79 Å². The summed E-state index contributed by atoms with van der Waals surface area (Å²) >= 11 is 0. The Labute approximate surface area is 125 Å². The molecule has 0 aromatic heterocycles. The molecule has 1 rings (SSSR count). The van der Waals surface area contributed by atoms with Crippen molar-refractivity contribution in [1.29, 1.82) is 0 Å². The molecule has 2 N–H and O–H groups in total. The molecule has 0 saturated carbocycles. The summed E-state index contributed by atoms with van der Waals surface area (Å²) in [6, 6.07) is 4.30. The quantitative estimate of drug-likeness (QED) is 0.800. The molecule has 1 aromatic carbocycles. The number of aliphatic carboxylic acids is 1. The number of ether oxygens (including phenoxy) is 1. The van der Waals surface area contributed by atoms with E-state index in [0.717, 1.165) is 0 Å². The van der Waals surface area contributed by atoms with Gasteiger partial charge in [-0.1, -0.05) is 6.92 Å². The van der Waals surface area contributed by atoms with Crippen molar-refractivity contribution in [3.8, 4) is 5.75 Å². The molecule has 1 aromatic rings. The average molecular weight is 315 g/mol. The lowest BCUT2D eigenvalue weighted by Crippen LogP contribution is -2.43. The molecule has 118 valence electrons. The standard InChI is InChI=1S/C14H21NO5S/c1-5-14(2,3)15-21(18,19)12-7-6-11(20-4)8-10(12)9-13(16)17/h6-8,15H,5,9H2,1-4H3,(H,16,17). The third-order valence-corrected chi connectivity index (χ3v) is 4.99. The van der Waals surface area contributed by atoms with Crippen LogP contribution in [0.3, 0.4) is 0 Å². The number of carboxylic acid groups (broad SMARTS) is 1. The molecular formula is C14H21NO5S. The Bertz CT molecular complexity index is 622. The molecule has 0 amide bonds. The van der Waals surface area contributed by atoms with Crippen LogP contribution in [0.1, 0.15) is 32.8 Å². The second-order valence-electron chi connectivity index (χ2n) is 5.39. The molecule has 0 aliphatic heterocycles. The second kappa shape index (κ2) is 6.44. The summed E-state index contributed by atoms with van der Waals surface area (Å²) in [5, 5.41) is 8.94. The van der Waals surface area contributed by atoms with Crippen LogP contribution in [-0.4, -0.2) is 32.1 Å². The lowest BCUT2D eigenvalue weighted by molar-refractivity contribution is -0.136. The van der Waals surface area contributed by atoms with Crippen LogP contribution < -0.4 is 9.46 Å². The molecule has 21 heavy (non-hydrogen) atoms. The lowest BCUT2D eigenvalue weighted by atomic mass is 10.0. The first-order chi connectivity index (χ1) is 9.61. The number of benzene rings is 1. The van der Waals surface area contributed by atoms with Gasteiger partial charge >= 0.3 is 5.97 Å². The van der Waals surface area contributed by atoms with E-state index >= 15 is 0 Å². The third kappa shape index (κ3) is 4.71. The number of carbonyl (C=O) groups is 1. The SMILES string of the molecule is CCC(C)(C)NS(=O)(=O)c1ccc(OC)cc1CC(=O)O. The van der Waals surface area contributed by atoms with E-state index < -0.39 is 21.5 Å². The van der Waals surface area contributed by atoms with Gasteiger partial charge in [0, 0.05) is 5.54 Å². The smallest absolute Gasteiger partial charge is 0.307 e. The molecular weight excluding hydrogens is 294 g/mol. The minimum absolute atomic E-state index is 0.0350. The molecule has 0 atom stereocenters. The molecule has 0 heterocycles. The van der Waals surface area contributed by atoms with Crippen molar-refractivity contribution in [3.63, 3.8) is 0 Å². The molecule has 7 heteroatoms. The van der Waals surface area contributed by atoms with Crippen LogP contribution in [-0.2, 0) is 21.2 Å². The average Bonchev–Trinajstić information content (AvgIpc) is 2.36. The van der Waals surface area contributed by atoms with Crippen molar-refractivity contribution >= 4 is 16.0 Å². The number of rotatable bonds is 7. The zero-order valence-electron chi connectivity index (χ0n) is 12.6. The molecule has 0 aliphatic carbocycles. The van der Waals surface area contributed by atoms with Crippen LogP contribution in [0.5, 0.6) is 5.75 Å². The third-order valence-electron chi connectivity index (χ3n) is 3.19. The lowest BCUT2D eigenvalue weighted by Gasteiger charge is -2.25. The number of hydrogen-bond donors (Lipinski definition) is 2. The number of sulfonamides is 1. The predicted molar refractivity (Wildman–Crippen MR) is 79.0 cm³/mol. The molecule has 0 saturated heterocycles. The van der Waals surface area contributed by atoms with Crippen molar-refractivity contribution in [1.82, 2.24) is 4.72 Å². The Morgan fingerprint density at radius 3 is 2.48 bits per heavy atom. The van der Waals surface area contributed by atoms with Crippen LogP contribution in [0, 0.1) is 0 Å². The molecule has 0 aliphatic rings. The van der Waals surface area contributed by atoms with Gasteiger partial charge in [0.15, 0.2) is 0 Å². The molecule has 0 fully saturated rings. The van der Waals surface area contributed by atoms with E-state index in [9.17, 15) is 13.2 Å². The Balaban J connectivity index is 3.30. The fraction of sp³-hybridized carbons (Fsp3) is 0.500. The van der Waals surface area contributed by atoms with Gasteiger partial charge in [0.1, 0.15) is 5.75 Å². The van der Waals surface area contributed by atoms with Crippen molar-refractivity contribution in [2.75, 3.05) is 7.11 Å². The monoisotopic (exact) mass is 315 g/mol. The number of carboxylic acids is 1. The highest BCUT2D eigenvalue weighted by Gasteiger charge is 2.27. The van der Waals surface area contributed by atoms with Gasteiger partial charge in [0.05, 0.1) is 18.4 Å². The van der Waals surface area contributed by atoms with Crippen LogP contribution >= 0.6 is 0 Å². The van der Waals surface area contributed by atoms with Crippen LogP contribution in [0.2, 0.25) is 0 Å². The van der Waals surface area contributed by atoms with Gasteiger partial charge < -0.3 is 9.84 Å². The van der Waals surface area contributed by atoms with Gasteiger partial charge in [0.25, 0.3) is 0 Å². The van der Waals surface area contributed by atoms with Gasteiger partial charge in [-0.05, 0) is 44.0 Å². The highest BCUT2D eigenvalue weighted by molar-refractivity contribution is 7.89. The van der Waals surface area contributed by atoms with Crippen molar-refractivity contribution in [2.45, 2.75) is 44.0 Å². The van der Waals surface area contributed by atoms with Crippen molar-refractivity contribution < 1.29 is 23.1 Å². The maximum atomic E-state index is 12.5. The van der Waals surface area contributed by atoms with E-state index in [0.29, 0.717) is 12.2 Å². The summed E-state index contributed by atoms with van der Waals surface area (Å²) in [4.78, 5) is 10.9. The normalized spacial score (nSPS) is 12.2. The Morgan fingerprint density at radius 2 is 2.00 bits per heavy atom. The zero-order valence-corrected chi connectivity index (χ0v) is 13.5. The predicted octanol–water partition coefficient (Wildman–Crippen LogP) is 1.79. The summed E-state index contributed by atoms with van der Waals surface area (Å²) in [5.74, 6) is -0.686. The van der Waals surface area contributed by atoms with E-state index in [1.807, 2.05) is 6.92 Å². The van der Waals surface area contributed by atoms with Crippen molar-refractivity contribution in [2.24, 2.45) is 0 Å². The van der Waals surface area contributed by atoms with Crippen LogP contribution in [0.4, 0.5) is 0 Å². The van der Waals surface area contributed by atoms with Crippen molar-refractivity contribution in [3.05, 3.63) is 23.8 Å². The fourth-order valence-electron chi connectivity index (χ4n) is 1.74. The highest BCUT2D eigenvalue weighted by Crippen LogP contribution is 2.24. The van der Waals surface area contributed by atoms with E-state index in [1.54, 1.807) is 13.8 Å². The molecule has 6 nitrogen and oxygen atoms in total. The Kier molecular flexibility index (Phi) is 5.36. The summed E-state index contributed by atoms with van der Waals surface area (Å²) in [6.45, 7) is 5.41. The van der Waals surface area contributed by atoms with E-state index in [2.05, 4.69) is 4.72 Å².